The van der Waals surface area contributed by atoms with Gasteiger partial charge in [-0.2, -0.15) is 4.98 Å². The topological polar surface area (TPSA) is 71.3 Å². The van der Waals surface area contributed by atoms with Crippen LogP contribution in [0, 0.1) is 6.92 Å². The van der Waals surface area contributed by atoms with Gasteiger partial charge in [0.1, 0.15) is 0 Å². The molecule has 1 fully saturated rings. The number of hydrogen-bond acceptors (Lipinski definition) is 5. The number of benzene rings is 1. The zero-order chi connectivity index (χ0) is 17.2. The van der Waals surface area contributed by atoms with E-state index in [2.05, 4.69) is 20.2 Å². The van der Waals surface area contributed by atoms with Crippen LogP contribution >= 0.6 is 0 Å². The van der Waals surface area contributed by atoms with Crippen LogP contribution in [0.5, 0.6) is 0 Å². The number of aryl methyl sites for hydroxylation is 1. The van der Waals surface area contributed by atoms with E-state index >= 15 is 0 Å². The van der Waals surface area contributed by atoms with Crippen molar-refractivity contribution in [3.8, 4) is 0 Å². The largest absolute Gasteiger partial charge is 0.422 e. The number of piperidine rings is 1. The van der Waals surface area contributed by atoms with Gasteiger partial charge in [0, 0.05) is 30.9 Å². The fraction of sp³-hybridized carbons (Fsp3) is 0.316. The second-order valence-electron chi connectivity index (χ2n) is 6.42. The van der Waals surface area contributed by atoms with Crippen molar-refractivity contribution in [3.05, 3.63) is 53.7 Å². The highest BCUT2D eigenvalue weighted by atomic mass is 16.4. The van der Waals surface area contributed by atoms with Crippen LogP contribution in [-0.2, 0) is 0 Å². The van der Waals surface area contributed by atoms with Crippen molar-refractivity contribution in [1.82, 2.24) is 15.3 Å². The van der Waals surface area contributed by atoms with Crippen molar-refractivity contribution in [3.63, 3.8) is 0 Å². The van der Waals surface area contributed by atoms with Gasteiger partial charge in [-0.3, -0.25) is 4.79 Å². The predicted molar refractivity (Wildman–Crippen MR) is 95.7 cm³/mol. The molecule has 6 heteroatoms. The van der Waals surface area contributed by atoms with E-state index in [-0.39, 0.29) is 11.9 Å². The minimum atomic E-state index is -0.00971. The highest BCUT2D eigenvalue weighted by molar-refractivity contribution is 5.94. The Bertz CT molecular complexity index is 847. The first-order valence-electron chi connectivity index (χ1n) is 8.53. The summed E-state index contributed by atoms with van der Waals surface area (Å²) in [4.78, 5) is 23.1. The molecule has 0 unspecified atom stereocenters. The zero-order valence-corrected chi connectivity index (χ0v) is 14.1. The number of pyridine rings is 1. The van der Waals surface area contributed by atoms with Crippen molar-refractivity contribution in [2.75, 3.05) is 18.0 Å². The van der Waals surface area contributed by atoms with Gasteiger partial charge in [-0.1, -0.05) is 17.7 Å². The van der Waals surface area contributed by atoms with Gasteiger partial charge in [-0.15, -0.1) is 0 Å². The van der Waals surface area contributed by atoms with Crippen LogP contribution in [0.1, 0.15) is 28.8 Å². The first-order valence-corrected chi connectivity index (χ1v) is 8.53. The van der Waals surface area contributed by atoms with Gasteiger partial charge in [-0.05, 0) is 44.0 Å². The molecule has 1 N–H and O–H groups in total. The van der Waals surface area contributed by atoms with Gasteiger partial charge >= 0.3 is 0 Å². The van der Waals surface area contributed by atoms with E-state index in [1.807, 2.05) is 43.3 Å². The molecular weight excluding hydrogens is 316 g/mol. The predicted octanol–water partition coefficient (Wildman–Crippen LogP) is 2.93. The Kier molecular flexibility index (Phi) is 4.09. The second-order valence-corrected chi connectivity index (χ2v) is 6.42. The summed E-state index contributed by atoms with van der Waals surface area (Å²) in [6, 6.07) is 12.1. The molecular formula is C19H20N4O2. The number of carbonyl (C=O) groups excluding carboxylic acids is 1. The first-order chi connectivity index (χ1) is 12.2. The molecule has 3 aromatic rings. The number of anilines is 1. The van der Waals surface area contributed by atoms with E-state index in [9.17, 15) is 4.79 Å². The summed E-state index contributed by atoms with van der Waals surface area (Å²) in [6.07, 6.45) is 3.44. The van der Waals surface area contributed by atoms with Crippen LogP contribution in [0.15, 0.2) is 47.0 Å². The number of hydrogen-bond donors (Lipinski definition) is 1. The van der Waals surface area contributed by atoms with E-state index in [4.69, 9.17) is 4.42 Å². The molecule has 1 aliphatic rings. The van der Waals surface area contributed by atoms with Crippen molar-refractivity contribution < 1.29 is 9.21 Å². The number of aromatic nitrogens is 2. The number of carbonyl (C=O) groups is 1. The highest BCUT2D eigenvalue weighted by Crippen LogP contribution is 2.23. The molecule has 0 saturated carbocycles. The summed E-state index contributed by atoms with van der Waals surface area (Å²) in [6.45, 7) is 3.61. The highest BCUT2D eigenvalue weighted by Gasteiger charge is 2.24. The Balaban J connectivity index is 1.36. The minimum absolute atomic E-state index is 0.00971. The van der Waals surface area contributed by atoms with Crippen LogP contribution in [0.3, 0.4) is 0 Å². The lowest BCUT2D eigenvalue weighted by atomic mass is 10.0. The average Bonchev–Trinajstić information content (AvgIpc) is 3.07. The summed E-state index contributed by atoms with van der Waals surface area (Å²) in [5, 5.41) is 3.12. The maximum Gasteiger partial charge on any atom is 0.299 e. The molecule has 0 bridgehead atoms. The maximum absolute atomic E-state index is 12.3. The Morgan fingerprint density at radius 1 is 1.20 bits per heavy atom. The Morgan fingerprint density at radius 2 is 1.96 bits per heavy atom. The molecule has 4 rings (SSSR count). The quantitative estimate of drug-likeness (QED) is 0.796. The van der Waals surface area contributed by atoms with Gasteiger partial charge in [0.05, 0.1) is 0 Å². The molecule has 3 heterocycles. The molecule has 6 nitrogen and oxygen atoms in total. The zero-order valence-electron chi connectivity index (χ0n) is 14.1. The molecule has 1 amide bonds. The van der Waals surface area contributed by atoms with Crippen molar-refractivity contribution in [1.29, 1.82) is 0 Å². The fourth-order valence-corrected chi connectivity index (χ4v) is 3.08. The van der Waals surface area contributed by atoms with E-state index in [1.165, 1.54) is 0 Å². The number of amides is 1. The third-order valence-electron chi connectivity index (χ3n) is 4.57. The molecule has 25 heavy (non-hydrogen) atoms. The third-order valence-corrected chi connectivity index (χ3v) is 4.57. The maximum atomic E-state index is 12.3. The molecule has 0 atom stereocenters. The van der Waals surface area contributed by atoms with E-state index in [0.717, 1.165) is 31.5 Å². The number of rotatable bonds is 3. The minimum Gasteiger partial charge on any atom is -0.422 e. The number of nitrogens with zero attached hydrogens (tertiary/aromatic N) is 3. The van der Waals surface area contributed by atoms with Crippen molar-refractivity contribution in [2.45, 2.75) is 25.8 Å². The van der Waals surface area contributed by atoms with Crippen LogP contribution in [0.2, 0.25) is 0 Å². The normalized spacial score (nSPS) is 15.5. The number of nitrogens with one attached hydrogen (secondary N) is 1. The van der Waals surface area contributed by atoms with Crippen LogP contribution < -0.4 is 10.2 Å². The summed E-state index contributed by atoms with van der Waals surface area (Å²) in [5.74, 6) is -0.00971. The molecule has 1 saturated heterocycles. The summed E-state index contributed by atoms with van der Waals surface area (Å²) in [5.41, 5.74) is 3.19. The monoisotopic (exact) mass is 336 g/mol. The molecule has 128 valence electrons. The Hall–Kier alpha value is -2.89. The van der Waals surface area contributed by atoms with E-state index in [1.54, 1.807) is 6.20 Å². The standard InChI is InChI=1S/C19H20N4O2/c1-13-4-6-14(7-5-13)18(24)21-15-8-11-23(12-9-15)19-22-17-16(25-19)3-2-10-20-17/h2-7,10,15H,8-9,11-12H2,1H3,(H,21,24). The lowest BCUT2D eigenvalue weighted by molar-refractivity contribution is 0.0931. The van der Waals surface area contributed by atoms with Gasteiger partial charge in [-0.25, -0.2) is 4.98 Å². The van der Waals surface area contributed by atoms with Gasteiger partial charge in [0.25, 0.3) is 11.9 Å². The second kappa shape index (κ2) is 6.55. The SMILES string of the molecule is Cc1ccc(C(=O)NC2CCN(c3nc4ncccc4o3)CC2)cc1. The average molecular weight is 336 g/mol. The van der Waals surface area contributed by atoms with E-state index in [0.29, 0.717) is 22.8 Å². The van der Waals surface area contributed by atoms with E-state index < -0.39 is 0 Å². The summed E-state index contributed by atoms with van der Waals surface area (Å²) in [7, 11) is 0. The Morgan fingerprint density at radius 3 is 2.68 bits per heavy atom. The number of fused-ring (bicyclic) bond motifs is 1. The lowest BCUT2D eigenvalue weighted by Crippen LogP contribution is -2.44. The van der Waals surface area contributed by atoms with Crippen molar-refractivity contribution >= 4 is 23.2 Å². The van der Waals surface area contributed by atoms with Crippen LogP contribution in [0.4, 0.5) is 6.01 Å². The first kappa shape index (κ1) is 15.6. The molecule has 1 aliphatic heterocycles. The Labute approximate surface area is 145 Å². The van der Waals surface area contributed by atoms with Crippen LogP contribution in [0.25, 0.3) is 11.2 Å². The fourth-order valence-electron chi connectivity index (χ4n) is 3.08. The third kappa shape index (κ3) is 3.33. The van der Waals surface area contributed by atoms with Crippen LogP contribution in [-0.4, -0.2) is 35.0 Å². The molecule has 1 aromatic carbocycles. The molecule has 0 radical (unpaired) electrons. The van der Waals surface area contributed by atoms with Gasteiger partial charge < -0.3 is 14.6 Å². The molecule has 2 aromatic heterocycles. The molecule has 0 spiro atoms. The summed E-state index contributed by atoms with van der Waals surface area (Å²) >= 11 is 0. The summed E-state index contributed by atoms with van der Waals surface area (Å²) < 4.78 is 5.77. The smallest absolute Gasteiger partial charge is 0.299 e. The van der Waals surface area contributed by atoms with Gasteiger partial charge in [0.15, 0.2) is 5.58 Å². The molecule has 0 aliphatic carbocycles. The van der Waals surface area contributed by atoms with Crippen molar-refractivity contribution in [2.24, 2.45) is 0 Å². The number of oxazole rings is 1. The van der Waals surface area contributed by atoms with Gasteiger partial charge in [0.2, 0.25) is 5.65 Å². The lowest BCUT2D eigenvalue weighted by Gasteiger charge is -2.31.